The van der Waals surface area contributed by atoms with Gasteiger partial charge in [0, 0.05) is 0 Å². The van der Waals surface area contributed by atoms with E-state index in [-0.39, 0.29) is 0 Å². The molecule has 2 rings (SSSR count). The summed E-state index contributed by atoms with van der Waals surface area (Å²) in [5.74, 6) is 0. The summed E-state index contributed by atoms with van der Waals surface area (Å²) in [4.78, 5) is 0. The Kier molecular flexibility index (Phi) is 3.11. The predicted molar refractivity (Wildman–Crippen MR) is 63.7 cm³/mol. The van der Waals surface area contributed by atoms with Crippen LogP contribution in [0.25, 0.3) is 0 Å². The molecule has 0 unspecified atom stereocenters. The summed E-state index contributed by atoms with van der Waals surface area (Å²) in [5, 5.41) is 0. The minimum atomic E-state index is -1.49. The summed E-state index contributed by atoms with van der Waals surface area (Å²) in [5.41, 5.74) is 0. The maximum atomic E-state index is 6.26. The van der Waals surface area contributed by atoms with E-state index in [2.05, 4.69) is 24.3 Å². The van der Waals surface area contributed by atoms with E-state index in [1.165, 1.54) is 8.70 Å². The fourth-order valence-electron chi connectivity index (χ4n) is 1.33. The van der Waals surface area contributed by atoms with E-state index in [0.717, 1.165) is 0 Å². The Balaban J connectivity index is 2.30. The molecule has 0 saturated heterocycles. The van der Waals surface area contributed by atoms with Crippen LogP contribution in [0.2, 0.25) is 0 Å². The van der Waals surface area contributed by atoms with Gasteiger partial charge in [-0.05, 0) is 0 Å². The van der Waals surface area contributed by atoms with E-state index < -0.39 is 14.5 Å². The Morgan fingerprint density at radius 3 is 1.36 bits per heavy atom. The monoisotopic (exact) mass is 240 g/mol. The molecule has 0 atom stereocenters. The molecule has 0 aliphatic rings. The first kappa shape index (κ1) is 9.61. The molecular weight excluding hydrogens is 230 g/mol. The third-order valence-corrected chi connectivity index (χ3v) is 5.65. The number of benzene rings is 2. The summed E-state index contributed by atoms with van der Waals surface area (Å²) in [7, 11) is 0. The molecule has 0 bridgehead atoms. The molecule has 2 aromatic carbocycles. The predicted octanol–water partition coefficient (Wildman–Crippen LogP) is 0.961. The fourth-order valence-corrected chi connectivity index (χ4v) is 4.02. The molecule has 0 amide bonds. The Morgan fingerprint density at radius 2 is 1.00 bits per heavy atom. The van der Waals surface area contributed by atoms with E-state index in [1.54, 1.807) is 0 Å². The quantitative estimate of drug-likeness (QED) is 0.686. The van der Waals surface area contributed by atoms with Gasteiger partial charge < -0.3 is 0 Å². The zero-order valence-corrected chi connectivity index (χ0v) is 9.67. The molecule has 66 valence electrons. The van der Waals surface area contributed by atoms with Crippen LogP contribution in [0.15, 0.2) is 60.7 Å². The van der Waals surface area contributed by atoms with E-state index in [1.807, 2.05) is 36.4 Å². The number of hydrogen-bond donors (Lipinski definition) is 0. The Bertz CT molecular complexity index is 346. The number of hydrogen-bond acceptors (Lipinski definition) is 0. The van der Waals surface area contributed by atoms with Gasteiger partial charge in [0.15, 0.2) is 0 Å². The van der Waals surface area contributed by atoms with Crippen molar-refractivity contribution in [2.45, 2.75) is 0 Å². The second-order valence-corrected chi connectivity index (χ2v) is 6.76. The molecule has 0 N–H and O–H groups in total. The average molecular weight is 240 g/mol. The Morgan fingerprint density at radius 1 is 0.643 bits per heavy atom. The molecule has 0 aromatic heterocycles. The van der Waals surface area contributed by atoms with Crippen molar-refractivity contribution in [2.24, 2.45) is 0 Å². The topological polar surface area (TPSA) is 0 Å². The summed E-state index contributed by atoms with van der Waals surface area (Å²) in [6.07, 6.45) is 0. The molecule has 0 nitrogen and oxygen atoms in total. The third-order valence-electron chi connectivity index (χ3n) is 2.07. The van der Waals surface area contributed by atoms with Crippen LogP contribution in [0.3, 0.4) is 0 Å². The summed E-state index contributed by atoms with van der Waals surface area (Å²) in [6.45, 7) is 6.26. The zero-order valence-electron chi connectivity index (χ0n) is 7.80. The normalized spacial score (nSPS) is 10.4. The van der Waals surface area contributed by atoms with Gasteiger partial charge in [0.25, 0.3) is 0 Å². The molecule has 0 aliphatic heterocycles. The van der Waals surface area contributed by atoms with Gasteiger partial charge in [0.2, 0.25) is 0 Å². The molecule has 2 aromatic rings. The van der Waals surface area contributed by atoms with Crippen molar-refractivity contribution in [3.05, 3.63) is 60.7 Å². The summed E-state index contributed by atoms with van der Waals surface area (Å²) in [6, 6.07) is 20.7. The van der Waals surface area contributed by atoms with Crippen molar-refractivity contribution < 1.29 is 0 Å². The first-order valence-electron chi connectivity index (χ1n) is 4.53. The van der Waals surface area contributed by atoms with Crippen LogP contribution in [0.5, 0.6) is 0 Å². The Hall–Kier alpha value is -0.937. The molecule has 0 saturated carbocycles. The van der Waals surface area contributed by atoms with E-state index in [0.29, 0.717) is 0 Å². The number of rotatable bonds is 2. The zero-order chi connectivity index (χ0) is 9.80. The summed E-state index contributed by atoms with van der Waals surface area (Å²) < 4.78 is 2.59. The third kappa shape index (κ3) is 2.11. The standard InChI is InChI=1S/C12H10AsB/c14-13(11-7-3-1-4-8-11)12-9-5-2-6-10-12/h1-10H. The Labute approximate surface area is 90.5 Å². The van der Waals surface area contributed by atoms with Crippen LogP contribution < -0.4 is 8.70 Å². The van der Waals surface area contributed by atoms with Crippen molar-refractivity contribution >= 4 is 29.7 Å². The van der Waals surface area contributed by atoms with Gasteiger partial charge in [-0.3, -0.25) is 0 Å². The first-order chi connectivity index (χ1) is 6.88. The second-order valence-electron chi connectivity index (χ2n) is 3.04. The van der Waals surface area contributed by atoms with Gasteiger partial charge in [-0.1, -0.05) is 0 Å². The molecule has 2 radical (unpaired) electrons. The summed E-state index contributed by atoms with van der Waals surface area (Å²) >= 11 is -1.49. The van der Waals surface area contributed by atoms with Gasteiger partial charge in [-0.2, -0.15) is 0 Å². The molecule has 0 aliphatic carbocycles. The van der Waals surface area contributed by atoms with Crippen LogP contribution in [0.4, 0.5) is 0 Å². The molecule has 14 heavy (non-hydrogen) atoms. The van der Waals surface area contributed by atoms with E-state index in [4.69, 9.17) is 6.54 Å². The SMILES string of the molecule is [B][As](c1ccccc1)c1ccccc1. The van der Waals surface area contributed by atoms with Crippen LogP contribution in [-0.4, -0.2) is 21.0 Å². The van der Waals surface area contributed by atoms with Crippen molar-refractivity contribution in [2.75, 3.05) is 0 Å². The van der Waals surface area contributed by atoms with Crippen molar-refractivity contribution in [1.29, 1.82) is 0 Å². The van der Waals surface area contributed by atoms with Gasteiger partial charge in [0.05, 0.1) is 0 Å². The van der Waals surface area contributed by atoms with Crippen molar-refractivity contribution in [1.82, 2.24) is 0 Å². The molecular formula is C12H10AsB. The fraction of sp³-hybridized carbons (Fsp3) is 0. The maximum absolute atomic E-state index is 6.26. The van der Waals surface area contributed by atoms with Crippen molar-refractivity contribution in [3.63, 3.8) is 0 Å². The minimum absolute atomic E-state index is 1.30. The first-order valence-corrected chi connectivity index (χ1v) is 7.49. The van der Waals surface area contributed by atoms with Gasteiger partial charge in [0.1, 0.15) is 0 Å². The molecule has 0 fully saturated rings. The molecule has 2 heteroatoms. The van der Waals surface area contributed by atoms with Gasteiger partial charge in [-0.25, -0.2) is 0 Å². The van der Waals surface area contributed by atoms with E-state index in [9.17, 15) is 0 Å². The second kappa shape index (κ2) is 4.53. The molecule has 0 heterocycles. The van der Waals surface area contributed by atoms with Crippen LogP contribution in [-0.2, 0) is 0 Å². The van der Waals surface area contributed by atoms with Crippen LogP contribution in [0.1, 0.15) is 0 Å². The van der Waals surface area contributed by atoms with Gasteiger partial charge in [-0.15, -0.1) is 0 Å². The van der Waals surface area contributed by atoms with Gasteiger partial charge >= 0.3 is 90.4 Å². The average Bonchev–Trinajstić information content (AvgIpc) is 2.30. The van der Waals surface area contributed by atoms with Crippen LogP contribution >= 0.6 is 0 Å². The van der Waals surface area contributed by atoms with E-state index >= 15 is 0 Å². The van der Waals surface area contributed by atoms with Crippen molar-refractivity contribution in [3.8, 4) is 0 Å². The molecule has 0 spiro atoms. The van der Waals surface area contributed by atoms with Crippen LogP contribution in [0, 0.1) is 0 Å².